The van der Waals surface area contributed by atoms with Crippen molar-refractivity contribution in [3.63, 3.8) is 0 Å². The van der Waals surface area contributed by atoms with Crippen molar-refractivity contribution in [2.45, 2.75) is 18.2 Å². The highest BCUT2D eigenvalue weighted by molar-refractivity contribution is 6.31. The van der Waals surface area contributed by atoms with Crippen molar-refractivity contribution < 1.29 is 14.6 Å². The van der Waals surface area contributed by atoms with Gasteiger partial charge in [-0.3, -0.25) is 9.80 Å². The van der Waals surface area contributed by atoms with Crippen molar-refractivity contribution in [3.05, 3.63) is 94.0 Å². The summed E-state index contributed by atoms with van der Waals surface area (Å²) in [6.07, 6.45) is 0. The van der Waals surface area contributed by atoms with Crippen LogP contribution in [0.5, 0.6) is 0 Å². The van der Waals surface area contributed by atoms with Crippen LogP contribution >= 0.6 is 23.2 Å². The zero-order valence-corrected chi connectivity index (χ0v) is 19.5. The third-order valence-corrected chi connectivity index (χ3v) is 6.44. The van der Waals surface area contributed by atoms with Crippen LogP contribution in [-0.4, -0.2) is 30.4 Å². The molecule has 0 saturated carbocycles. The van der Waals surface area contributed by atoms with Crippen LogP contribution in [0.25, 0.3) is 0 Å². The summed E-state index contributed by atoms with van der Waals surface area (Å²) in [5, 5.41) is 23.0. The fourth-order valence-corrected chi connectivity index (χ4v) is 4.66. The summed E-state index contributed by atoms with van der Waals surface area (Å²) in [4.78, 5) is 16.8. The Morgan fingerprint density at radius 3 is 2.03 bits per heavy atom. The van der Waals surface area contributed by atoms with E-state index in [9.17, 15) is 15.2 Å². The lowest BCUT2D eigenvalue weighted by Crippen LogP contribution is -2.60. The zero-order valence-electron chi connectivity index (χ0n) is 18.0. The van der Waals surface area contributed by atoms with Crippen LogP contribution in [0.4, 0.5) is 16.2 Å². The Morgan fingerprint density at radius 2 is 1.52 bits per heavy atom. The lowest BCUT2D eigenvalue weighted by Gasteiger charge is -2.44. The number of carbonyl (C=O) groups is 1. The van der Waals surface area contributed by atoms with E-state index in [0.29, 0.717) is 32.5 Å². The number of benzene rings is 3. The molecule has 1 aliphatic rings. The lowest BCUT2D eigenvalue weighted by atomic mass is 9.82. The molecule has 1 unspecified atom stereocenters. The van der Waals surface area contributed by atoms with E-state index in [2.05, 4.69) is 6.07 Å². The highest BCUT2D eigenvalue weighted by atomic mass is 35.5. The second-order valence-corrected chi connectivity index (χ2v) is 8.85. The normalized spacial score (nSPS) is 22.5. The highest BCUT2D eigenvalue weighted by Gasteiger charge is 2.66. The number of aliphatic hydroxyl groups is 1. The van der Waals surface area contributed by atoms with E-state index in [4.69, 9.17) is 27.9 Å². The molecule has 8 heteroatoms. The van der Waals surface area contributed by atoms with Gasteiger partial charge in [-0.1, -0.05) is 35.3 Å². The van der Waals surface area contributed by atoms with Crippen LogP contribution in [0.1, 0.15) is 18.1 Å². The van der Waals surface area contributed by atoms with Crippen molar-refractivity contribution in [1.82, 2.24) is 0 Å². The summed E-state index contributed by atoms with van der Waals surface area (Å²) >= 11 is 12.2. The molecule has 0 bridgehead atoms. The van der Waals surface area contributed by atoms with Gasteiger partial charge in [-0.15, -0.1) is 0 Å². The van der Waals surface area contributed by atoms with Crippen molar-refractivity contribution in [1.29, 1.82) is 5.26 Å². The fraction of sp³-hybridized carbons (Fsp3) is 0.200. The number of hydrogen-bond donors (Lipinski definition) is 1. The molecule has 1 fully saturated rings. The van der Waals surface area contributed by atoms with E-state index < -0.39 is 17.3 Å². The van der Waals surface area contributed by atoms with E-state index in [1.807, 2.05) is 0 Å². The predicted octanol–water partition coefficient (Wildman–Crippen LogP) is 5.56. The number of urea groups is 1. The van der Waals surface area contributed by atoms with Gasteiger partial charge in [0.25, 0.3) is 0 Å². The lowest BCUT2D eigenvalue weighted by molar-refractivity contribution is -0.0409. The minimum atomic E-state index is -1.90. The third-order valence-electron chi connectivity index (χ3n) is 5.94. The Balaban J connectivity index is 2.02. The second-order valence-electron chi connectivity index (χ2n) is 7.98. The van der Waals surface area contributed by atoms with Crippen molar-refractivity contribution >= 4 is 40.6 Å². The number of methoxy groups -OCH3 is 1. The minimum absolute atomic E-state index is 0.00125. The van der Waals surface area contributed by atoms with Crippen LogP contribution < -0.4 is 9.80 Å². The van der Waals surface area contributed by atoms with E-state index in [-0.39, 0.29) is 6.61 Å². The van der Waals surface area contributed by atoms with Gasteiger partial charge in [-0.05, 0) is 67.6 Å². The topological polar surface area (TPSA) is 76.8 Å². The summed E-state index contributed by atoms with van der Waals surface area (Å²) in [7, 11) is 1.51. The van der Waals surface area contributed by atoms with E-state index in [1.54, 1.807) is 79.7 Å². The van der Waals surface area contributed by atoms with E-state index >= 15 is 0 Å². The maximum atomic E-state index is 14.0. The summed E-state index contributed by atoms with van der Waals surface area (Å²) in [5.41, 5.74) is -1.49. The SMILES string of the molecule is COC[C@@]1(C)N(c2ccc(Cl)cc2)C(=O)N(c2ccc(Cl)cc2)C1(O)c1cccc(C#N)c1. The summed E-state index contributed by atoms with van der Waals surface area (Å²) in [6, 6.07) is 21.6. The quantitative estimate of drug-likeness (QED) is 0.517. The molecule has 0 aromatic heterocycles. The van der Waals surface area contributed by atoms with Gasteiger partial charge < -0.3 is 9.84 Å². The van der Waals surface area contributed by atoms with Gasteiger partial charge in [0.2, 0.25) is 0 Å². The van der Waals surface area contributed by atoms with Crippen molar-refractivity contribution in [2.75, 3.05) is 23.5 Å². The number of halogens is 2. The van der Waals surface area contributed by atoms with E-state index in [0.717, 1.165) is 0 Å². The molecule has 168 valence electrons. The molecule has 33 heavy (non-hydrogen) atoms. The number of amides is 2. The van der Waals surface area contributed by atoms with Gasteiger partial charge in [0.1, 0.15) is 5.54 Å². The van der Waals surface area contributed by atoms with Crippen LogP contribution in [0, 0.1) is 11.3 Å². The average Bonchev–Trinajstić information content (AvgIpc) is 2.98. The predicted molar refractivity (Wildman–Crippen MR) is 129 cm³/mol. The maximum Gasteiger partial charge on any atom is 0.332 e. The van der Waals surface area contributed by atoms with Crippen LogP contribution in [-0.2, 0) is 10.5 Å². The molecule has 6 nitrogen and oxygen atoms in total. The highest BCUT2D eigenvalue weighted by Crippen LogP contribution is 2.51. The van der Waals surface area contributed by atoms with Gasteiger partial charge in [0, 0.05) is 34.1 Å². The second kappa shape index (κ2) is 8.69. The molecule has 2 atom stereocenters. The minimum Gasteiger partial charge on any atom is -0.382 e. The van der Waals surface area contributed by atoms with Crippen LogP contribution in [0.15, 0.2) is 72.8 Å². The first-order chi connectivity index (χ1) is 15.8. The Hall–Kier alpha value is -3.08. The Kier molecular flexibility index (Phi) is 6.08. The maximum absolute atomic E-state index is 14.0. The van der Waals surface area contributed by atoms with Crippen LogP contribution in [0.3, 0.4) is 0 Å². The molecule has 0 radical (unpaired) electrons. The molecule has 1 heterocycles. The molecule has 1 aliphatic heterocycles. The molecule has 4 rings (SSSR count). The molecule has 3 aromatic rings. The molecule has 0 spiro atoms. The number of ether oxygens (including phenoxy) is 1. The monoisotopic (exact) mass is 481 g/mol. The summed E-state index contributed by atoms with van der Waals surface area (Å²) < 4.78 is 5.54. The number of anilines is 2. The van der Waals surface area contributed by atoms with E-state index in [1.165, 1.54) is 16.9 Å². The largest absolute Gasteiger partial charge is 0.382 e. The average molecular weight is 482 g/mol. The number of carbonyl (C=O) groups excluding carboxylic acids is 1. The Labute approximate surface area is 202 Å². The molecule has 2 amide bonds. The van der Waals surface area contributed by atoms with Crippen molar-refractivity contribution in [2.24, 2.45) is 0 Å². The molecular weight excluding hydrogens is 461 g/mol. The third kappa shape index (κ3) is 3.64. The first-order valence-electron chi connectivity index (χ1n) is 10.1. The van der Waals surface area contributed by atoms with Crippen LogP contribution in [0.2, 0.25) is 10.0 Å². The van der Waals surface area contributed by atoms with Crippen molar-refractivity contribution in [3.8, 4) is 6.07 Å². The molecule has 3 aromatic carbocycles. The molecular formula is C25H21Cl2N3O3. The number of nitrogens with zero attached hydrogens (tertiary/aromatic N) is 3. The van der Waals surface area contributed by atoms with Gasteiger partial charge >= 0.3 is 6.03 Å². The molecule has 0 aliphatic carbocycles. The van der Waals surface area contributed by atoms with Gasteiger partial charge in [0.15, 0.2) is 5.72 Å². The summed E-state index contributed by atoms with van der Waals surface area (Å²) in [6.45, 7) is 1.75. The van der Waals surface area contributed by atoms with Gasteiger partial charge in [0.05, 0.1) is 18.2 Å². The molecule has 1 saturated heterocycles. The first kappa shape index (κ1) is 23.1. The summed E-state index contributed by atoms with van der Waals surface area (Å²) in [5.74, 6) is 0. The number of hydrogen-bond acceptors (Lipinski definition) is 4. The van der Waals surface area contributed by atoms with Gasteiger partial charge in [-0.25, -0.2) is 4.79 Å². The Bertz CT molecular complexity index is 1230. The number of rotatable bonds is 5. The zero-order chi connectivity index (χ0) is 23.8. The standard InChI is InChI=1S/C25H21Cl2N3O3/c1-24(16-33-2)25(32,18-5-3-4-17(14-18)15-28)30(22-12-8-20(27)9-13-22)23(31)29(24)21-10-6-19(26)7-11-21/h3-14,32H,16H2,1-2H3/t24-,25?/m1/s1. The fourth-order valence-electron chi connectivity index (χ4n) is 4.41. The molecule has 1 N–H and O–H groups in total. The first-order valence-corrected chi connectivity index (χ1v) is 10.9. The Morgan fingerprint density at radius 1 is 0.970 bits per heavy atom. The smallest absolute Gasteiger partial charge is 0.332 e. The van der Waals surface area contributed by atoms with Gasteiger partial charge in [-0.2, -0.15) is 5.26 Å². The number of nitriles is 1.